The number of amides is 1. The van der Waals surface area contributed by atoms with Crippen molar-refractivity contribution in [3.05, 3.63) is 99.0 Å². The number of piperidine rings is 1. The minimum absolute atomic E-state index is 0.0515. The van der Waals surface area contributed by atoms with Gasteiger partial charge < -0.3 is 19.7 Å². The molecule has 206 valence electrons. The van der Waals surface area contributed by atoms with E-state index in [1.54, 1.807) is 24.3 Å². The second-order valence-corrected chi connectivity index (χ2v) is 10.2. The lowest BCUT2D eigenvalue weighted by Crippen LogP contribution is -2.43. The average Bonchev–Trinajstić information content (AvgIpc) is 2.92. The molecule has 8 nitrogen and oxygen atoms in total. The van der Waals surface area contributed by atoms with Crippen LogP contribution in [-0.2, 0) is 16.0 Å². The van der Waals surface area contributed by atoms with E-state index in [2.05, 4.69) is 10.2 Å². The van der Waals surface area contributed by atoms with Crippen molar-refractivity contribution in [1.29, 1.82) is 0 Å². The summed E-state index contributed by atoms with van der Waals surface area (Å²) < 4.78 is 11.3. The first-order valence-electron chi connectivity index (χ1n) is 12.5. The molecule has 0 unspecified atom stereocenters. The van der Waals surface area contributed by atoms with Gasteiger partial charge in [-0.05, 0) is 66.4 Å². The number of carboxylic acids is 1. The lowest BCUT2D eigenvalue weighted by molar-refractivity contribution is -0.100. The molecule has 3 aromatic rings. The molecule has 0 saturated carbocycles. The number of aliphatic hydroxyl groups is 1. The smallest absolute Gasteiger partial charge is 0.411 e. The highest BCUT2D eigenvalue weighted by atomic mass is 35.5. The Morgan fingerprint density at radius 3 is 2.44 bits per heavy atom. The van der Waals surface area contributed by atoms with Gasteiger partial charge in [-0.1, -0.05) is 59.6 Å². The second-order valence-electron chi connectivity index (χ2n) is 9.31. The van der Waals surface area contributed by atoms with Gasteiger partial charge >= 0.3 is 12.1 Å². The highest BCUT2D eigenvalue weighted by Crippen LogP contribution is 2.38. The first-order valence-corrected chi connectivity index (χ1v) is 13.3. The van der Waals surface area contributed by atoms with Gasteiger partial charge in [0.05, 0.1) is 31.4 Å². The van der Waals surface area contributed by atoms with Crippen LogP contribution in [0.5, 0.6) is 0 Å². The molecule has 0 bridgehead atoms. The molecule has 1 aliphatic rings. The zero-order valence-corrected chi connectivity index (χ0v) is 22.9. The van der Waals surface area contributed by atoms with E-state index in [0.717, 1.165) is 30.5 Å². The molecule has 10 heteroatoms. The SMILES string of the molecule is COC(=O)Nc1cc(C(=O)O)ccc1CN1CCC[C@H](O[C@H](CO)c2cc(Cl)cc(Cl)c2)[C@@H]1c1ccccc1. The third-order valence-electron chi connectivity index (χ3n) is 6.73. The van der Waals surface area contributed by atoms with Crippen LogP contribution in [0, 0.1) is 0 Å². The van der Waals surface area contributed by atoms with Gasteiger partial charge in [0.25, 0.3) is 0 Å². The van der Waals surface area contributed by atoms with Crippen LogP contribution in [0.3, 0.4) is 0 Å². The summed E-state index contributed by atoms with van der Waals surface area (Å²) in [5.41, 5.74) is 2.86. The predicted octanol–water partition coefficient (Wildman–Crippen LogP) is 6.33. The Kier molecular flexibility index (Phi) is 9.83. The molecule has 4 rings (SSSR count). The molecule has 1 saturated heterocycles. The number of benzene rings is 3. The molecule has 0 radical (unpaired) electrons. The van der Waals surface area contributed by atoms with Gasteiger partial charge in [-0.15, -0.1) is 0 Å². The summed E-state index contributed by atoms with van der Waals surface area (Å²) in [4.78, 5) is 25.8. The number of hydrogen-bond donors (Lipinski definition) is 3. The standard InChI is InChI=1S/C29H30Cl2N2O6/c1-38-29(37)32-24-14-19(28(35)36)9-10-20(24)16-33-11-5-8-25(27(33)18-6-3-2-4-7-18)39-26(17-34)21-12-22(30)15-23(31)13-21/h2-4,6-7,9-10,12-15,25-27,34H,5,8,11,16-17H2,1H3,(H,32,37)(H,35,36)/t25-,26+,27-/m0/s1. The van der Waals surface area contributed by atoms with E-state index in [0.29, 0.717) is 27.8 Å². The monoisotopic (exact) mass is 572 g/mol. The first kappa shape index (κ1) is 28.9. The minimum atomic E-state index is -1.10. The fourth-order valence-electron chi connectivity index (χ4n) is 4.97. The van der Waals surface area contributed by atoms with Crippen molar-refractivity contribution < 1.29 is 29.3 Å². The average molecular weight is 573 g/mol. The number of nitrogens with zero attached hydrogens (tertiary/aromatic N) is 1. The van der Waals surface area contributed by atoms with Crippen LogP contribution >= 0.6 is 23.2 Å². The summed E-state index contributed by atoms with van der Waals surface area (Å²) in [6.45, 7) is 0.897. The van der Waals surface area contributed by atoms with Crippen molar-refractivity contribution in [1.82, 2.24) is 4.90 Å². The molecular formula is C29H30Cl2N2O6. The van der Waals surface area contributed by atoms with E-state index in [9.17, 15) is 19.8 Å². The minimum Gasteiger partial charge on any atom is -0.478 e. The van der Waals surface area contributed by atoms with Crippen LogP contribution < -0.4 is 5.32 Å². The number of likely N-dealkylation sites (tertiary alicyclic amines) is 1. The van der Waals surface area contributed by atoms with Crippen LogP contribution in [0.4, 0.5) is 10.5 Å². The Hall–Kier alpha value is -3.14. The highest BCUT2D eigenvalue weighted by Gasteiger charge is 2.35. The number of hydrogen-bond acceptors (Lipinski definition) is 6. The number of methoxy groups -OCH3 is 1. The van der Waals surface area contributed by atoms with Crippen molar-refractivity contribution in [3.63, 3.8) is 0 Å². The van der Waals surface area contributed by atoms with Crippen molar-refractivity contribution in [3.8, 4) is 0 Å². The van der Waals surface area contributed by atoms with E-state index >= 15 is 0 Å². The van der Waals surface area contributed by atoms with Crippen LogP contribution in [-0.4, -0.2) is 53.5 Å². The summed E-state index contributed by atoms with van der Waals surface area (Å²) in [7, 11) is 1.25. The fraction of sp³-hybridized carbons (Fsp3) is 0.310. The maximum absolute atomic E-state index is 12.0. The molecule has 0 aliphatic carbocycles. The van der Waals surface area contributed by atoms with Crippen molar-refractivity contribution in [2.24, 2.45) is 0 Å². The number of halogens is 2. The van der Waals surface area contributed by atoms with Gasteiger partial charge in [-0.25, -0.2) is 9.59 Å². The summed E-state index contributed by atoms with van der Waals surface area (Å²) >= 11 is 12.4. The summed E-state index contributed by atoms with van der Waals surface area (Å²) in [6.07, 6.45) is -0.0269. The number of aliphatic hydroxyl groups excluding tert-OH is 1. The molecule has 1 aliphatic heterocycles. The third kappa shape index (κ3) is 7.29. The van der Waals surface area contributed by atoms with Crippen molar-refractivity contribution in [2.75, 3.05) is 25.6 Å². The van der Waals surface area contributed by atoms with Crippen LogP contribution in [0.2, 0.25) is 10.0 Å². The van der Waals surface area contributed by atoms with Crippen molar-refractivity contribution >= 4 is 41.0 Å². The molecule has 1 amide bonds. The number of nitrogens with one attached hydrogen (secondary N) is 1. The maximum atomic E-state index is 12.0. The normalized spacial score (nSPS) is 18.4. The van der Waals surface area contributed by atoms with Crippen LogP contribution in [0.25, 0.3) is 0 Å². The van der Waals surface area contributed by atoms with E-state index in [-0.39, 0.29) is 24.3 Å². The van der Waals surface area contributed by atoms with Crippen molar-refractivity contribution in [2.45, 2.75) is 37.6 Å². The highest BCUT2D eigenvalue weighted by molar-refractivity contribution is 6.34. The Morgan fingerprint density at radius 1 is 1.08 bits per heavy atom. The number of carboxylic acid groups (broad SMARTS) is 1. The van der Waals surface area contributed by atoms with Gasteiger partial charge in [0.2, 0.25) is 0 Å². The van der Waals surface area contributed by atoms with Gasteiger partial charge in [0.1, 0.15) is 6.10 Å². The number of carbonyl (C=O) groups excluding carboxylic acids is 1. The quantitative estimate of drug-likeness (QED) is 0.275. The molecule has 0 aromatic heterocycles. The van der Waals surface area contributed by atoms with E-state index in [4.69, 9.17) is 32.7 Å². The largest absolute Gasteiger partial charge is 0.478 e. The molecule has 3 N–H and O–H groups in total. The number of anilines is 1. The first-order chi connectivity index (χ1) is 18.8. The summed E-state index contributed by atoms with van der Waals surface area (Å²) in [5.74, 6) is -1.10. The second kappa shape index (κ2) is 13.3. The molecule has 0 spiro atoms. The molecular weight excluding hydrogens is 543 g/mol. The fourth-order valence-corrected chi connectivity index (χ4v) is 5.51. The zero-order valence-electron chi connectivity index (χ0n) is 21.3. The third-order valence-corrected chi connectivity index (χ3v) is 7.17. The number of rotatable bonds is 9. The molecule has 1 fully saturated rings. The molecule has 3 atom stereocenters. The lowest BCUT2D eigenvalue weighted by Gasteiger charge is -2.43. The molecule has 1 heterocycles. The Morgan fingerprint density at radius 2 is 1.79 bits per heavy atom. The van der Waals surface area contributed by atoms with E-state index < -0.39 is 18.2 Å². The van der Waals surface area contributed by atoms with Gasteiger partial charge in [0, 0.05) is 22.3 Å². The van der Waals surface area contributed by atoms with Gasteiger partial charge in [-0.2, -0.15) is 0 Å². The van der Waals surface area contributed by atoms with E-state index in [1.165, 1.54) is 19.2 Å². The molecule has 39 heavy (non-hydrogen) atoms. The Balaban J connectivity index is 1.67. The number of ether oxygens (including phenoxy) is 2. The lowest BCUT2D eigenvalue weighted by atomic mass is 9.91. The zero-order chi connectivity index (χ0) is 27.9. The number of carbonyl (C=O) groups is 2. The topological polar surface area (TPSA) is 108 Å². The van der Waals surface area contributed by atoms with Gasteiger partial charge in [-0.3, -0.25) is 10.2 Å². The summed E-state index contributed by atoms with van der Waals surface area (Å²) in [6, 6.07) is 19.5. The maximum Gasteiger partial charge on any atom is 0.411 e. The number of aromatic carboxylic acids is 1. The molecule has 3 aromatic carbocycles. The Labute approximate surface area is 237 Å². The predicted molar refractivity (Wildman–Crippen MR) is 149 cm³/mol. The van der Waals surface area contributed by atoms with Gasteiger partial charge in [0.15, 0.2) is 0 Å². The van der Waals surface area contributed by atoms with Crippen LogP contribution in [0.1, 0.15) is 52.0 Å². The van der Waals surface area contributed by atoms with E-state index in [1.807, 2.05) is 30.3 Å². The van der Waals surface area contributed by atoms with Crippen LogP contribution in [0.15, 0.2) is 66.7 Å². The Bertz CT molecular complexity index is 1290. The summed E-state index contributed by atoms with van der Waals surface area (Å²) in [5, 5.41) is 23.3.